The largest absolute Gasteiger partial charge is 0.493 e. The minimum absolute atomic E-state index is 0.204. The van der Waals surface area contributed by atoms with Gasteiger partial charge in [-0.25, -0.2) is 0 Å². The van der Waals surface area contributed by atoms with E-state index in [-0.39, 0.29) is 11.5 Å². The first-order valence-electron chi connectivity index (χ1n) is 8.37. The summed E-state index contributed by atoms with van der Waals surface area (Å²) in [5, 5.41) is 0. The highest BCUT2D eigenvalue weighted by atomic mass is 16.5. The number of ether oxygens (including phenoxy) is 1. The lowest BCUT2D eigenvalue weighted by Gasteiger charge is -2.39. The number of para-hydroxylation sites is 1. The Morgan fingerprint density at radius 1 is 1.29 bits per heavy atom. The van der Waals surface area contributed by atoms with Crippen LogP contribution in [-0.2, 0) is 6.42 Å². The van der Waals surface area contributed by atoms with E-state index < -0.39 is 0 Å². The van der Waals surface area contributed by atoms with Crippen molar-refractivity contribution in [2.45, 2.75) is 58.4 Å². The van der Waals surface area contributed by atoms with Crippen LogP contribution in [0.5, 0.6) is 5.75 Å². The maximum absolute atomic E-state index is 6.03. The highest BCUT2D eigenvalue weighted by Gasteiger charge is 2.43. The Balaban J connectivity index is 1.99. The molecule has 0 bridgehead atoms. The van der Waals surface area contributed by atoms with Crippen LogP contribution in [0.4, 0.5) is 0 Å². The lowest BCUT2D eigenvalue weighted by atomic mass is 9.70. The molecule has 1 unspecified atom stereocenters. The van der Waals surface area contributed by atoms with E-state index in [0.717, 1.165) is 18.8 Å². The molecule has 0 aromatic heterocycles. The smallest absolute Gasteiger partial charge is 0.127 e. The highest BCUT2D eigenvalue weighted by Crippen LogP contribution is 2.53. The number of hydrazine groups is 1. The molecule has 1 saturated carbocycles. The molecule has 1 aliphatic heterocycles. The summed E-state index contributed by atoms with van der Waals surface area (Å²) in [6, 6.07) is 6.75. The Bertz CT molecular complexity index is 492. The number of nitrogens with one attached hydrogen (secondary N) is 1. The fourth-order valence-corrected chi connectivity index (χ4v) is 4.57. The average molecular weight is 288 g/mol. The van der Waals surface area contributed by atoms with Gasteiger partial charge in [0.05, 0.1) is 12.6 Å². The van der Waals surface area contributed by atoms with E-state index in [0.29, 0.717) is 5.92 Å². The summed E-state index contributed by atoms with van der Waals surface area (Å²) in [4.78, 5) is 0. The molecule has 21 heavy (non-hydrogen) atoms. The number of hydrogen-bond acceptors (Lipinski definition) is 3. The van der Waals surface area contributed by atoms with Crippen LogP contribution in [0.25, 0.3) is 0 Å². The van der Waals surface area contributed by atoms with Crippen molar-refractivity contribution < 1.29 is 4.74 Å². The predicted octanol–water partition coefficient (Wildman–Crippen LogP) is 3.73. The lowest BCUT2D eigenvalue weighted by molar-refractivity contribution is 0.153. The van der Waals surface area contributed by atoms with Gasteiger partial charge in [-0.05, 0) is 36.2 Å². The first kappa shape index (κ1) is 14.9. The van der Waals surface area contributed by atoms with Gasteiger partial charge in [0.15, 0.2) is 0 Å². The first-order valence-corrected chi connectivity index (χ1v) is 8.37. The van der Waals surface area contributed by atoms with E-state index in [9.17, 15) is 0 Å². The molecule has 0 radical (unpaired) electrons. The molecule has 1 aromatic rings. The second-order valence-electron chi connectivity index (χ2n) is 7.20. The van der Waals surface area contributed by atoms with Gasteiger partial charge >= 0.3 is 0 Å². The van der Waals surface area contributed by atoms with Gasteiger partial charge in [-0.2, -0.15) is 0 Å². The number of hydrogen-bond donors (Lipinski definition) is 2. The molecule has 0 amide bonds. The number of rotatable bonds is 5. The van der Waals surface area contributed by atoms with Crippen LogP contribution in [0.1, 0.15) is 63.1 Å². The maximum atomic E-state index is 6.03. The van der Waals surface area contributed by atoms with Crippen molar-refractivity contribution in [3.63, 3.8) is 0 Å². The maximum Gasteiger partial charge on any atom is 0.127 e. The van der Waals surface area contributed by atoms with Crippen molar-refractivity contribution >= 4 is 0 Å². The Hall–Kier alpha value is -1.06. The van der Waals surface area contributed by atoms with Gasteiger partial charge in [0.1, 0.15) is 5.75 Å². The normalized spacial score (nSPS) is 21.3. The van der Waals surface area contributed by atoms with Gasteiger partial charge in [0, 0.05) is 12.0 Å². The average Bonchev–Trinajstić information content (AvgIpc) is 3.08. The Morgan fingerprint density at radius 3 is 2.71 bits per heavy atom. The molecule has 116 valence electrons. The standard InChI is InChI=1S/C18H28N2O/c1-13(2)12-18(9-3-4-10-18)17(20-19)15-7-5-6-14-8-11-21-16(14)15/h5-7,13,17,20H,3-4,8-12,19H2,1-2H3. The van der Waals surface area contributed by atoms with E-state index >= 15 is 0 Å². The molecule has 1 fully saturated rings. The highest BCUT2D eigenvalue weighted by molar-refractivity contribution is 5.46. The Morgan fingerprint density at radius 2 is 2.05 bits per heavy atom. The second-order valence-corrected chi connectivity index (χ2v) is 7.20. The summed E-state index contributed by atoms with van der Waals surface area (Å²) in [6.07, 6.45) is 7.43. The van der Waals surface area contributed by atoms with Gasteiger partial charge < -0.3 is 4.74 Å². The van der Waals surface area contributed by atoms with Crippen LogP contribution < -0.4 is 16.0 Å². The van der Waals surface area contributed by atoms with Gasteiger partial charge in [-0.15, -0.1) is 0 Å². The zero-order valence-corrected chi connectivity index (χ0v) is 13.3. The van der Waals surface area contributed by atoms with E-state index in [2.05, 4.69) is 37.5 Å². The summed E-state index contributed by atoms with van der Waals surface area (Å²) in [6.45, 7) is 5.44. The summed E-state index contributed by atoms with van der Waals surface area (Å²) < 4.78 is 5.93. The van der Waals surface area contributed by atoms with E-state index in [1.54, 1.807) is 0 Å². The summed E-state index contributed by atoms with van der Waals surface area (Å²) >= 11 is 0. The fourth-order valence-electron chi connectivity index (χ4n) is 4.57. The molecule has 0 saturated heterocycles. The van der Waals surface area contributed by atoms with Crippen molar-refractivity contribution in [1.82, 2.24) is 5.43 Å². The van der Waals surface area contributed by atoms with Crippen LogP contribution >= 0.6 is 0 Å². The fraction of sp³-hybridized carbons (Fsp3) is 0.667. The van der Waals surface area contributed by atoms with Crippen molar-refractivity contribution in [3.05, 3.63) is 29.3 Å². The second kappa shape index (κ2) is 5.98. The van der Waals surface area contributed by atoms with Crippen LogP contribution in [0.15, 0.2) is 18.2 Å². The molecule has 1 aromatic carbocycles. The molecule has 1 atom stereocenters. The molecule has 3 nitrogen and oxygen atoms in total. The van der Waals surface area contributed by atoms with Crippen LogP contribution in [0, 0.1) is 11.3 Å². The quantitative estimate of drug-likeness (QED) is 0.641. The van der Waals surface area contributed by atoms with Gasteiger partial charge in [-0.3, -0.25) is 11.3 Å². The number of nitrogens with two attached hydrogens (primary N) is 1. The molecule has 1 aliphatic carbocycles. The number of benzene rings is 1. The molecule has 3 heteroatoms. The van der Waals surface area contributed by atoms with Crippen LogP contribution in [0.2, 0.25) is 0 Å². The molecule has 0 spiro atoms. The third-order valence-corrected chi connectivity index (χ3v) is 5.25. The Kier molecular flexibility index (Phi) is 4.23. The topological polar surface area (TPSA) is 47.3 Å². The molecule has 3 rings (SSSR count). The number of fused-ring (bicyclic) bond motifs is 1. The summed E-state index contributed by atoms with van der Waals surface area (Å²) in [5.74, 6) is 7.82. The van der Waals surface area contributed by atoms with Crippen molar-refractivity contribution in [2.24, 2.45) is 17.2 Å². The molecule has 3 N–H and O–H groups in total. The third kappa shape index (κ3) is 2.69. The van der Waals surface area contributed by atoms with E-state index in [1.807, 2.05) is 0 Å². The molecular weight excluding hydrogens is 260 g/mol. The van der Waals surface area contributed by atoms with Crippen molar-refractivity contribution in [1.29, 1.82) is 0 Å². The molecular formula is C18H28N2O. The van der Waals surface area contributed by atoms with Gasteiger partial charge in [0.25, 0.3) is 0 Å². The zero-order valence-electron chi connectivity index (χ0n) is 13.3. The predicted molar refractivity (Wildman–Crippen MR) is 86.1 cm³/mol. The minimum Gasteiger partial charge on any atom is -0.493 e. The van der Waals surface area contributed by atoms with E-state index in [1.165, 1.54) is 43.2 Å². The zero-order chi connectivity index (χ0) is 14.9. The molecule has 2 aliphatic rings. The van der Waals surface area contributed by atoms with Crippen LogP contribution in [0.3, 0.4) is 0 Å². The van der Waals surface area contributed by atoms with Gasteiger partial charge in [0.2, 0.25) is 0 Å². The lowest BCUT2D eigenvalue weighted by Crippen LogP contribution is -2.41. The first-order chi connectivity index (χ1) is 10.2. The summed E-state index contributed by atoms with van der Waals surface area (Å²) in [7, 11) is 0. The minimum atomic E-state index is 0.204. The van der Waals surface area contributed by atoms with E-state index in [4.69, 9.17) is 10.6 Å². The SMILES string of the molecule is CC(C)CC1(C(NN)c2cccc3c2OCC3)CCCC1. The van der Waals surface area contributed by atoms with Gasteiger partial charge in [-0.1, -0.05) is 44.9 Å². The van der Waals surface area contributed by atoms with Crippen molar-refractivity contribution in [3.8, 4) is 5.75 Å². The van der Waals surface area contributed by atoms with Crippen LogP contribution in [-0.4, -0.2) is 6.61 Å². The third-order valence-electron chi connectivity index (χ3n) is 5.25. The van der Waals surface area contributed by atoms with Crippen molar-refractivity contribution in [2.75, 3.05) is 6.61 Å². The monoisotopic (exact) mass is 288 g/mol. The molecule has 1 heterocycles. The Labute approximate surface area is 128 Å². The summed E-state index contributed by atoms with van der Waals surface area (Å²) in [5.41, 5.74) is 6.05.